The summed E-state index contributed by atoms with van der Waals surface area (Å²) in [5.74, 6) is -13.2. The summed E-state index contributed by atoms with van der Waals surface area (Å²) in [6.07, 6.45) is 0. The van der Waals surface area contributed by atoms with Crippen LogP contribution >= 0.6 is 0 Å². The largest absolute Gasteiger partial charge is 0.487 e. The van der Waals surface area contributed by atoms with Gasteiger partial charge in [0.25, 0.3) is 0 Å². The second kappa shape index (κ2) is 5.72. The zero-order valence-corrected chi connectivity index (χ0v) is 9.55. The maximum atomic E-state index is 13.2. The minimum atomic E-state index is -2.27. The third-order valence-corrected chi connectivity index (χ3v) is 2.27. The van der Waals surface area contributed by atoms with Gasteiger partial charge in [-0.1, -0.05) is 12.1 Å². The molecule has 0 bridgehead atoms. The fourth-order valence-electron chi connectivity index (χ4n) is 1.10. The summed E-state index contributed by atoms with van der Waals surface area (Å²) in [7, 11) is 0. The maximum absolute atomic E-state index is 13.2. The van der Waals surface area contributed by atoms with Crippen molar-refractivity contribution in [1.29, 1.82) is 0 Å². The molecule has 0 saturated heterocycles. The monoisotopic (exact) mass is 284 g/mol. The molecular formula is C10H9F5N2O2. The number of amidine groups is 1. The first kappa shape index (κ1) is 15.0. The Morgan fingerprint density at radius 1 is 1.11 bits per heavy atom. The molecule has 0 aliphatic rings. The second-order valence-corrected chi connectivity index (χ2v) is 3.64. The Balaban J connectivity index is 3.03. The normalized spacial score (nSPS) is 13.5. The van der Waals surface area contributed by atoms with Crippen LogP contribution < -0.4 is 10.5 Å². The van der Waals surface area contributed by atoms with E-state index in [-0.39, 0.29) is 5.84 Å². The highest BCUT2D eigenvalue weighted by Crippen LogP contribution is 2.29. The average Bonchev–Trinajstić information content (AvgIpc) is 2.41. The van der Waals surface area contributed by atoms with E-state index in [4.69, 9.17) is 10.9 Å². The Bertz CT molecular complexity index is 492. The number of ether oxygens (including phenoxy) is 1. The van der Waals surface area contributed by atoms with Crippen molar-refractivity contribution in [3.63, 3.8) is 0 Å². The fourth-order valence-corrected chi connectivity index (χ4v) is 1.10. The Labute approximate surface area is 104 Å². The molecule has 0 heterocycles. The third-order valence-electron chi connectivity index (χ3n) is 2.27. The number of rotatable bonds is 4. The molecule has 0 aliphatic carbocycles. The molecule has 1 atom stereocenters. The highest BCUT2D eigenvalue weighted by molar-refractivity contribution is 5.81. The minimum absolute atomic E-state index is 0.316. The first-order chi connectivity index (χ1) is 8.81. The van der Waals surface area contributed by atoms with Crippen molar-refractivity contribution < 1.29 is 31.9 Å². The Kier molecular flexibility index (Phi) is 4.52. The molecule has 0 radical (unpaired) electrons. The molecule has 106 valence electrons. The van der Waals surface area contributed by atoms with Gasteiger partial charge in [-0.05, 0) is 0 Å². The van der Waals surface area contributed by atoms with Crippen LogP contribution in [-0.2, 0) is 0 Å². The molecule has 0 fully saturated rings. The van der Waals surface area contributed by atoms with Crippen LogP contribution in [-0.4, -0.2) is 17.6 Å². The predicted molar refractivity (Wildman–Crippen MR) is 54.3 cm³/mol. The van der Waals surface area contributed by atoms with Crippen molar-refractivity contribution in [3.8, 4) is 5.75 Å². The van der Waals surface area contributed by atoms with Crippen molar-refractivity contribution in [2.45, 2.75) is 6.92 Å². The van der Waals surface area contributed by atoms with E-state index < -0.39 is 47.4 Å². The zero-order chi connectivity index (χ0) is 14.7. The van der Waals surface area contributed by atoms with Gasteiger partial charge in [0.2, 0.25) is 29.1 Å². The maximum Gasteiger partial charge on any atom is 0.206 e. The summed E-state index contributed by atoms with van der Waals surface area (Å²) in [6, 6.07) is 0. The number of hydrogen-bond donors (Lipinski definition) is 2. The lowest BCUT2D eigenvalue weighted by atomic mass is 10.2. The van der Waals surface area contributed by atoms with E-state index in [0.29, 0.717) is 0 Å². The van der Waals surface area contributed by atoms with Crippen LogP contribution in [0.4, 0.5) is 22.0 Å². The number of oxime groups is 1. The van der Waals surface area contributed by atoms with Crippen molar-refractivity contribution in [2.24, 2.45) is 16.8 Å². The number of hydrogen-bond acceptors (Lipinski definition) is 3. The van der Waals surface area contributed by atoms with Crippen LogP contribution in [0.15, 0.2) is 5.16 Å². The second-order valence-electron chi connectivity index (χ2n) is 3.64. The fraction of sp³-hybridized carbons (Fsp3) is 0.300. The summed E-state index contributed by atoms with van der Waals surface area (Å²) < 4.78 is 69.2. The summed E-state index contributed by atoms with van der Waals surface area (Å²) in [6.45, 7) is 0.829. The van der Waals surface area contributed by atoms with E-state index in [1.54, 1.807) is 0 Å². The SMILES string of the molecule is CC(COc1c(F)c(F)c(F)c(F)c1F)/C(N)=N/O. The van der Waals surface area contributed by atoms with Gasteiger partial charge >= 0.3 is 0 Å². The number of halogens is 5. The summed E-state index contributed by atoms with van der Waals surface area (Å²) in [5, 5.41) is 10.9. The quantitative estimate of drug-likeness (QED) is 0.169. The van der Waals surface area contributed by atoms with Crippen molar-refractivity contribution in [3.05, 3.63) is 29.1 Å². The lowest BCUT2D eigenvalue weighted by Crippen LogP contribution is -2.27. The molecule has 1 aromatic rings. The van der Waals surface area contributed by atoms with E-state index in [9.17, 15) is 22.0 Å². The first-order valence-corrected chi connectivity index (χ1v) is 4.92. The number of benzene rings is 1. The zero-order valence-electron chi connectivity index (χ0n) is 9.55. The smallest absolute Gasteiger partial charge is 0.206 e. The molecule has 0 aliphatic heterocycles. The van der Waals surface area contributed by atoms with Gasteiger partial charge < -0.3 is 15.7 Å². The molecule has 4 nitrogen and oxygen atoms in total. The van der Waals surface area contributed by atoms with Gasteiger partial charge in [0.1, 0.15) is 5.84 Å². The van der Waals surface area contributed by atoms with Crippen LogP contribution in [0.3, 0.4) is 0 Å². The van der Waals surface area contributed by atoms with Gasteiger partial charge in [-0.15, -0.1) is 0 Å². The predicted octanol–water partition coefficient (Wildman–Crippen LogP) is 2.14. The van der Waals surface area contributed by atoms with Crippen LogP contribution in [0, 0.1) is 35.0 Å². The number of nitrogens with two attached hydrogens (primary N) is 1. The van der Waals surface area contributed by atoms with Gasteiger partial charge in [-0.3, -0.25) is 0 Å². The topological polar surface area (TPSA) is 67.8 Å². The van der Waals surface area contributed by atoms with Crippen LogP contribution in [0.1, 0.15) is 6.92 Å². The lowest BCUT2D eigenvalue weighted by molar-refractivity contribution is 0.242. The van der Waals surface area contributed by atoms with Gasteiger partial charge in [0.05, 0.1) is 12.5 Å². The molecule has 0 saturated carbocycles. The van der Waals surface area contributed by atoms with Crippen LogP contribution in [0.5, 0.6) is 5.75 Å². The first-order valence-electron chi connectivity index (χ1n) is 4.92. The highest BCUT2D eigenvalue weighted by atomic mass is 19.2. The van der Waals surface area contributed by atoms with Gasteiger partial charge in [0.15, 0.2) is 5.75 Å². The molecule has 0 amide bonds. The van der Waals surface area contributed by atoms with E-state index in [1.807, 2.05) is 0 Å². The van der Waals surface area contributed by atoms with Crippen molar-refractivity contribution >= 4 is 5.84 Å². The van der Waals surface area contributed by atoms with E-state index in [1.165, 1.54) is 6.92 Å². The molecule has 1 unspecified atom stereocenters. The molecule has 1 rings (SSSR count). The summed E-state index contributed by atoms with van der Waals surface area (Å²) >= 11 is 0. The Morgan fingerprint density at radius 2 is 1.53 bits per heavy atom. The lowest BCUT2D eigenvalue weighted by Gasteiger charge is -2.13. The van der Waals surface area contributed by atoms with E-state index in [0.717, 1.165) is 0 Å². The summed E-state index contributed by atoms with van der Waals surface area (Å²) in [4.78, 5) is 0. The van der Waals surface area contributed by atoms with Gasteiger partial charge in [-0.2, -0.15) is 8.78 Å². The van der Waals surface area contributed by atoms with Crippen molar-refractivity contribution in [2.75, 3.05) is 6.61 Å². The van der Waals surface area contributed by atoms with Crippen LogP contribution in [0.25, 0.3) is 0 Å². The Morgan fingerprint density at radius 3 is 1.95 bits per heavy atom. The average molecular weight is 284 g/mol. The Hall–Kier alpha value is -2.06. The van der Waals surface area contributed by atoms with Crippen LogP contribution in [0.2, 0.25) is 0 Å². The van der Waals surface area contributed by atoms with Gasteiger partial charge in [-0.25, -0.2) is 13.2 Å². The summed E-state index contributed by atoms with van der Waals surface area (Å²) in [5.41, 5.74) is 5.17. The molecule has 0 spiro atoms. The molecular weight excluding hydrogens is 275 g/mol. The van der Waals surface area contributed by atoms with E-state index >= 15 is 0 Å². The highest BCUT2D eigenvalue weighted by Gasteiger charge is 2.27. The molecule has 9 heteroatoms. The van der Waals surface area contributed by atoms with Crippen molar-refractivity contribution in [1.82, 2.24) is 0 Å². The minimum Gasteiger partial charge on any atom is -0.487 e. The standard InChI is InChI=1S/C10H9F5N2O2/c1-3(10(16)17-18)2-19-9-7(14)5(12)4(11)6(13)8(9)15/h3,18H,2H2,1H3,(H2,16,17). The number of nitrogens with zero attached hydrogens (tertiary/aromatic N) is 1. The van der Waals surface area contributed by atoms with E-state index in [2.05, 4.69) is 9.89 Å². The molecule has 1 aromatic carbocycles. The molecule has 3 N–H and O–H groups in total. The van der Waals surface area contributed by atoms with Gasteiger partial charge in [0, 0.05) is 0 Å². The molecule has 0 aromatic heterocycles. The third kappa shape index (κ3) is 2.85. The molecule has 19 heavy (non-hydrogen) atoms.